The van der Waals surface area contributed by atoms with Gasteiger partial charge in [-0.25, -0.2) is 0 Å². The topological polar surface area (TPSA) is 21.3 Å². The molecular weight excluding hydrogens is 206 g/mol. The normalized spacial score (nSPS) is 10.8. The molecule has 0 spiro atoms. The fourth-order valence-electron chi connectivity index (χ4n) is 1.29. The highest BCUT2D eigenvalue weighted by Gasteiger charge is 1.90. The van der Waals surface area contributed by atoms with Crippen LogP contribution >= 0.6 is 11.8 Å². The standard InChI is InChI=1S/C12H27NOS/c1-3-4-10-14-11-9-13-8-6-5-7-12-15-2/h13H,3-12H2,1-2H3. The number of unbranched alkanes of at least 4 members (excludes halogenated alkanes) is 3. The molecule has 0 bridgehead atoms. The molecule has 0 unspecified atom stereocenters. The van der Waals surface area contributed by atoms with Crippen LogP contribution in [0.5, 0.6) is 0 Å². The summed E-state index contributed by atoms with van der Waals surface area (Å²) >= 11 is 1.94. The van der Waals surface area contributed by atoms with Gasteiger partial charge in [0.15, 0.2) is 0 Å². The number of nitrogens with one attached hydrogen (secondary N) is 1. The fraction of sp³-hybridized carbons (Fsp3) is 1.00. The molecule has 15 heavy (non-hydrogen) atoms. The summed E-state index contributed by atoms with van der Waals surface area (Å²) in [5.41, 5.74) is 0. The van der Waals surface area contributed by atoms with Crippen molar-refractivity contribution in [3.63, 3.8) is 0 Å². The molecule has 0 heterocycles. The maximum Gasteiger partial charge on any atom is 0.0590 e. The molecule has 0 aromatic carbocycles. The van der Waals surface area contributed by atoms with Gasteiger partial charge in [0.1, 0.15) is 0 Å². The highest BCUT2D eigenvalue weighted by Crippen LogP contribution is 2.00. The summed E-state index contributed by atoms with van der Waals surface area (Å²) in [6, 6.07) is 0. The van der Waals surface area contributed by atoms with Crippen LogP contribution in [-0.2, 0) is 4.74 Å². The first-order valence-corrected chi connectivity index (χ1v) is 7.58. The van der Waals surface area contributed by atoms with Crippen molar-refractivity contribution in [2.75, 3.05) is 38.3 Å². The molecule has 1 N–H and O–H groups in total. The Kier molecular flexibility index (Phi) is 14.5. The third kappa shape index (κ3) is 14.3. The van der Waals surface area contributed by atoms with Gasteiger partial charge in [0.2, 0.25) is 0 Å². The van der Waals surface area contributed by atoms with Gasteiger partial charge in [-0.05, 0) is 37.8 Å². The summed E-state index contributed by atoms with van der Waals surface area (Å²) in [7, 11) is 0. The SMILES string of the molecule is CCCCOCCNCCCCCSC. The van der Waals surface area contributed by atoms with E-state index < -0.39 is 0 Å². The van der Waals surface area contributed by atoms with Gasteiger partial charge in [0.05, 0.1) is 6.61 Å². The van der Waals surface area contributed by atoms with E-state index in [-0.39, 0.29) is 0 Å². The van der Waals surface area contributed by atoms with Crippen molar-refractivity contribution >= 4 is 11.8 Å². The first-order valence-electron chi connectivity index (χ1n) is 6.19. The van der Waals surface area contributed by atoms with E-state index in [9.17, 15) is 0 Å². The lowest BCUT2D eigenvalue weighted by Crippen LogP contribution is -2.21. The summed E-state index contributed by atoms with van der Waals surface area (Å²) in [6.07, 6.45) is 8.60. The maximum absolute atomic E-state index is 5.45. The zero-order valence-corrected chi connectivity index (χ0v) is 11.2. The van der Waals surface area contributed by atoms with Crippen LogP contribution in [0.15, 0.2) is 0 Å². The Bertz CT molecular complexity index is 99.8. The molecule has 0 radical (unpaired) electrons. The third-order valence-corrected chi connectivity index (χ3v) is 2.96. The first-order chi connectivity index (χ1) is 7.41. The van der Waals surface area contributed by atoms with Crippen molar-refractivity contribution in [3.05, 3.63) is 0 Å². The fourth-order valence-corrected chi connectivity index (χ4v) is 1.78. The first kappa shape index (κ1) is 15.3. The molecule has 0 aliphatic rings. The van der Waals surface area contributed by atoms with Gasteiger partial charge in [0, 0.05) is 13.2 Å². The van der Waals surface area contributed by atoms with Crippen LogP contribution in [0.3, 0.4) is 0 Å². The van der Waals surface area contributed by atoms with E-state index in [1.165, 1.54) is 37.9 Å². The Hall–Kier alpha value is 0.270. The Morgan fingerprint density at radius 3 is 2.60 bits per heavy atom. The van der Waals surface area contributed by atoms with Crippen LogP contribution in [0.1, 0.15) is 39.0 Å². The predicted octanol–water partition coefficient (Wildman–Crippen LogP) is 2.93. The van der Waals surface area contributed by atoms with Crippen LogP contribution in [-0.4, -0.2) is 38.3 Å². The molecule has 0 saturated heterocycles. The molecule has 0 aliphatic carbocycles. The largest absolute Gasteiger partial charge is 0.380 e. The molecule has 0 fully saturated rings. The average Bonchev–Trinajstić information content (AvgIpc) is 2.26. The maximum atomic E-state index is 5.45. The van der Waals surface area contributed by atoms with Crippen molar-refractivity contribution in [1.82, 2.24) is 5.32 Å². The van der Waals surface area contributed by atoms with Gasteiger partial charge >= 0.3 is 0 Å². The molecular formula is C12H27NOS. The molecule has 92 valence electrons. The molecule has 0 rings (SSSR count). The molecule has 0 atom stereocenters. The summed E-state index contributed by atoms with van der Waals surface area (Å²) in [5.74, 6) is 1.31. The highest BCUT2D eigenvalue weighted by atomic mass is 32.2. The number of thioether (sulfide) groups is 1. The Balaban J connectivity index is 2.81. The van der Waals surface area contributed by atoms with Gasteiger partial charge in [-0.15, -0.1) is 0 Å². The smallest absolute Gasteiger partial charge is 0.0590 e. The quantitative estimate of drug-likeness (QED) is 0.524. The second kappa shape index (κ2) is 14.3. The average molecular weight is 233 g/mol. The van der Waals surface area contributed by atoms with E-state index in [0.29, 0.717) is 0 Å². The minimum Gasteiger partial charge on any atom is -0.380 e. The number of hydrogen-bond acceptors (Lipinski definition) is 3. The zero-order valence-electron chi connectivity index (χ0n) is 10.4. The minimum atomic E-state index is 0.866. The molecule has 0 saturated carbocycles. The molecule has 3 heteroatoms. The number of ether oxygens (including phenoxy) is 1. The van der Waals surface area contributed by atoms with Crippen molar-refractivity contribution < 1.29 is 4.74 Å². The van der Waals surface area contributed by atoms with Crippen LogP contribution in [0, 0.1) is 0 Å². The van der Waals surface area contributed by atoms with E-state index in [4.69, 9.17) is 4.74 Å². The van der Waals surface area contributed by atoms with Crippen molar-refractivity contribution in [2.45, 2.75) is 39.0 Å². The lowest BCUT2D eigenvalue weighted by Gasteiger charge is -2.05. The van der Waals surface area contributed by atoms with Crippen LogP contribution in [0.2, 0.25) is 0 Å². The summed E-state index contributed by atoms with van der Waals surface area (Å²) < 4.78 is 5.45. The van der Waals surface area contributed by atoms with Gasteiger partial charge in [-0.2, -0.15) is 11.8 Å². The van der Waals surface area contributed by atoms with Gasteiger partial charge in [0.25, 0.3) is 0 Å². The summed E-state index contributed by atoms with van der Waals surface area (Å²) in [4.78, 5) is 0. The van der Waals surface area contributed by atoms with Crippen molar-refractivity contribution in [1.29, 1.82) is 0 Å². The van der Waals surface area contributed by atoms with Crippen molar-refractivity contribution in [2.24, 2.45) is 0 Å². The molecule has 0 amide bonds. The molecule has 2 nitrogen and oxygen atoms in total. The van der Waals surface area contributed by atoms with Gasteiger partial charge in [-0.1, -0.05) is 19.8 Å². The van der Waals surface area contributed by atoms with Crippen LogP contribution in [0.4, 0.5) is 0 Å². The van der Waals surface area contributed by atoms with E-state index in [2.05, 4.69) is 18.5 Å². The monoisotopic (exact) mass is 233 g/mol. The van der Waals surface area contributed by atoms with Gasteiger partial charge in [-0.3, -0.25) is 0 Å². The lowest BCUT2D eigenvalue weighted by atomic mass is 10.2. The van der Waals surface area contributed by atoms with Crippen molar-refractivity contribution in [3.8, 4) is 0 Å². The second-order valence-electron chi connectivity index (χ2n) is 3.77. The summed E-state index contributed by atoms with van der Waals surface area (Å²) in [5, 5.41) is 3.41. The number of rotatable bonds is 12. The number of hydrogen-bond donors (Lipinski definition) is 1. The molecule has 0 aromatic rings. The Morgan fingerprint density at radius 2 is 1.87 bits per heavy atom. The highest BCUT2D eigenvalue weighted by molar-refractivity contribution is 7.98. The lowest BCUT2D eigenvalue weighted by molar-refractivity contribution is 0.133. The van der Waals surface area contributed by atoms with E-state index in [0.717, 1.165) is 26.3 Å². The third-order valence-electron chi connectivity index (χ3n) is 2.27. The molecule has 0 aromatic heterocycles. The van der Waals surface area contributed by atoms with E-state index in [1.807, 2.05) is 11.8 Å². The molecule has 0 aliphatic heterocycles. The van der Waals surface area contributed by atoms with Gasteiger partial charge < -0.3 is 10.1 Å². The van der Waals surface area contributed by atoms with E-state index in [1.54, 1.807) is 0 Å². The Morgan fingerprint density at radius 1 is 1.00 bits per heavy atom. The second-order valence-corrected chi connectivity index (χ2v) is 4.75. The minimum absolute atomic E-state index is 0.866. The Labute approximate surface area is 99.5 Å². The zero-order chi connectivity index (χ0) is 11.2. The summed E-state index contributed by atoms with van der Waals surface area (Å²) in [6.45, 7) is 6.13. The van der Waals surface area contributed by atoms with Crippen LogP contribution < -0.4 is 5.32 Å². The van der Waals surface area contributed by atoms with Crippen LogP contribution in [0.25, 0.3) is 0 Å². The van der Waals surface area contributed by atoms with E-state index >= 15 is 0 Å². The predicted molar refractivity (Wildman–Crippen MR) is 70.8 cm³/mol.